The summed E-state index contributed by atoms with van der Waals surface area (Å²) in [6.07, 6.45) is 0. The average molecular weight is 585 g/mol. The van der Waals surface area contributed by atoms with Crippen LogP contribution < -0.4 is 0 Å². The molecule has 9 rings (SSSR count). The Hall–Kier alpha value is -5.92. The van der Waals surface area contributed by atoms with Crippen molar-refractivity contribution in [2.75, 3.05) is 0 Å². The fourth-order valence-corrected chi connectivity index (χ4v) is 6.20. The Morgan fingerprint density at radius 1 is 0.333 bits per heavy atom. The van der Waals surface area contributed by atoms with E-state index in [2.05, 4.69) is 0 Å². The van der Waals surface area contributed by atoms with Crippen LogP contribution in [0.3, 0.4) is 0 Å². The lowest BCUT2D eigenvalue weighted by molar-refractivity contribution is 0.669. The Kier molecular flexibility index (Phi) is 3.74. The zero-order valence-electron chi connectivity index (χ0n) is 35.6. The molecule has 1 heteroatoms. The van der Waals surface area contributed by atoms with Gasteiger partial charge in [0.2, 0.25) is 0 Å². The van der Waals surface area contributed by atoms with Crippen LogP contribution in [-0.2, 0) is 0 Å². The second-order valence-corrected chi connectivity index (χ2v) is 10.8. The third-order valence-corrected chi connectivity index (χ3v) is 8.24. The van der Waals surface area contributed by atoms with Gasteiger partial charge in [0.15, 0.2) is 0 Å². The maximum atomic E-state index is 9.19. The summed E-state index contributed by atoms with van der Waals surface area (Å²) in [6, 6.07) is 26.6. The maximum absolute atomic E-state index is 9.19. The number of fused-ring (bicyclic) bond motifs is 5. The predicted octanol–water partition coefficient (Wildman–Crippen LogP) is 12.6. The van der Waals surface area contributed by atoms with E-state index in [0.29, 0.717) is 11.1 Å². The first kappa shape index (κ1) is 16.2. The monoisotopic (exact) mass is 584 g/mol. The Balaban J connectivity index is 1.20. The van der Waals surface area contributed by atoms with Crippen molar-refractivity contribution in [2.45, 2.75) is 0 Å². The van der Waals surface area contributed by atoms with Gasteiger partial charge in [-0.2, -0.15) is 0 Å². The van der Waals surface area contributed by atoms with Gasteiger partial charge >= 0.3 is 0 Å². The van der Waals surface area contributed by atoms with Crippen molar-refractivity contribution < 1.29 is 20.9 Å². The van der Waals surface area contributed by atoms with Gasteiger partial charge in [0.1, 0.15) is 11.2 Å². The lowest BCUT2D eigenvalue weighted by Crippen LogP contribution is -1.91. The molecule has 45 heavy (non-hydrogen) atoms. The van der Waals surface area contributed by atoms with Crippen LogP contribution in [0.4, 0.5) is 0 Å². The summed E-state index contributed by atoms with van der Waals surface area (Å²) in [7, 11) is 0. The van der Waals surface area contributed by atoms with Gasteiger partial charge in [-0.25, -0.2) is 0 Å². The molecule has 9 aromatic rings. The Morgan fingerprint density at radius 3 is 1.38 bits per heavy atom. The smallest absolute Gasteiger partial charge is 0.135 e. The summed E-state index contributed by atoms with van der Waals surface area (Å²) in [5.41, 5.74) is 4.66. The first-order valence-electron chi connectivity index (χ1n) is 20.5. The number of benzene rings is 8. The fourth-order valence-electron chi connectivity index (χ4n) is 6.20. The lowest BCUT2D eigenvalue weighted by atomic mass is 9.85. The Bertz CT molecular complexity index is 3100. The summed E-state index contributed by atoms with van der Waals surface area (Å²) in [5.74, 6) is 0. The van der Waals surface area contributed by atoms with E-state index >= 15 is 0 Å². The largest absolute Gasteiger partial charge is 0.456 e. The molecule has 1 aromatic heterocycles. The van der Waals surface area contributed by atoms with E-state index in [9.17, 15) is 1.37 Å². The number of para-hydroxylation sites is 1. The number of hydrogen-bond donors (Lipinski definition) is 0. The summed E-state index contributed by atoms with van der Waals surface area (Å²) >= 11 is 0. The molecule has 0 aliphatic rings. The van der Waals surface area contributed by atoms with Crippen molar-refractivity contribution in [3.8, 4) is 44.5 Å². The highest BCUT2D eigenvalue weighted by molar-refractivity contribution is 6.21. The second kappa shape index (κ2) is 10.4. The van der Waals surface area contributed by atoms with Crippen LogP contribution in [0.5, 0.6) is 0 Å². The lowest BCUT2D eigenvalue weighted by Gasteiger charge is -2.18. The van der Waals surface area contributed by atoms with Gasteiger partial charge in [-0.15, -0.1) is 0 Å². The SMILES string of the molecule is [2H]c1c([2H])c([2H])c(-c2ccc(-c3c4ccccc4c(-c4ccc(-c5c([2H])c([2H])c6oc7c([2H])c([2H])c([2H])c([2H])c7c6c5[2H])cc4)c4ccccc34)cc2)c([2H])c1[2H]. The zero-order valence-corrected chi connectivity index (χ0v) is 23.6. The molecule has 0 N–H and O–H groups in total. The molecular weight excluding hydrogens is 544 g/mol. The molecule has 1 heterocycles. The molecule has 0 fully saturated rings. The second-order valence-electron chi connectivity index (χ2n) is 10.8. The minimum atomic E-state index is -0.482. The average Bonchev–Trinajstić information content (AvgIpc) is 3.64. The molecule has 0 atom stereocenters. The van der Waals surface area contributed by atoms with Gasteiger partial charge in [-0.3, -0.25) is 0 Å². The first-order valence-corrected chi connectivity index (χ1v) is 14.5. The molecule has 0 unspecified atom stereocenters. The molecule has 210 valence electrons. The van der Waals surface area contributed by atoms with Gasteiger partial charge in [-0.1, -0.05) is 151 Å². The molecule has 0 radical (unpaired) electrons. The van der Waals surface area contributed by atoms with Crippen molar-refractivity contribution in [3.05, 3.63) is 170 Å². The van der Waals surface area contributed by atoms with E-state index < -0.39 is 24.2 Å². The van der Waals surface area contributed by atoms with Gasteiger partial charge in [0, 0.05) is 10.8 Å². The molecule has 8 aromatic carbocycles. The molecule has 0 bridgehead atoms. The third-order valence-electron chi connectivity index (χ3n) is 8.24. The van der Waals surface area contributed by atoms with E-state index in [1.54, 1.807) is 24.3 Å². The summed E-state index contributed by atoms with van der Waals surface area (Å²) in [4.78, 5) is 0. The van der Waals surface area contributed by atoms with E-state index in [-0.39, 0.29) is 81.4 Å². The van der Waals surface area contributed by atoms with Crippen LogP contribution >= 0.6 is 0 Å². The minimum absolute atomic E-state index is 0.00844. The normalized spacial score (nSPS) is 15.3. The van der Waals surface area contributed by atoms with E-state index in [0.717, 1.165) is 43.8 Å². The molecule has 1 nitrogen and oxygen atoms in total. The van der Waals surface area contributed by atoms with Gasteiger partial charge in [0.25, 0.3) is 0 Å². The zero-order chi connectivity index (χ0) is 40.2. The summed E-state index contributed by atoms with van der Waals surface area (Å²) < 4.78 is 107. The van der Waals surface area contributed by atoms with Crippen LogP contribution in [0.15, 0.2) is 174 Å². The third kappa shape index (κ3) is 4.24. The molecular formula is C44H28O. The highest BCUT2D eigenvalue weighted by Crippen LogP contribution is 2.44. The number of furan rings is 1. The van der Waals surface area contributed by atoms with Crippen LogP contribution in [0.2, 0.25) is 0 Å². The molecule has 0 saturated carbocycles. The van der Waals surface area contributed by atoms with Crippen LogP contribution in [-0.4, -0.2) is 0 Å². The minimum Gasteiger partial charge on any atom is -0.456 e. The molecule has 0 aliphatic heterocycles. The fraction of sp³-hybridized carbons (Fsp3) is 0. The van der Waals surface area contributed by atoms with Crippen molar-refractivity contribution >= 4 is 43.5 Å². The maximum Gasteiger partial charge on any atom is 0.135 e. The Labute approximate surface area is 278 Å². The summed E-state index contributed by atoms with van der Waals surface area (Å²) in [5, 5.41) is 3.93. The van der Waals surface area contributed by atoms with Crippen LogP contribution in [0.1, 0.15) is 16.4 Å². The quantitative estimate of drug-likeness (QED) is 0.188. The Morgan fingerprint density at radius 2 is 0.800 bits per heavy atom. The number of rotatable bonds is 4. The topological polar surface area (TPSA) is 13.1 Å². The van der Waals surface area contributed by atoms with Crippen molar-refractivity contribution in [3.63, 3.8) is 0 Å². The van der Waals surface area contributed by atoms with E-state index in [1.807, 2.05) is 72.8 Å². The van der Waals surface area contributed by atoms with E-state index in [4.69, 9.17) is 19.5 Å². The molecule has 0 aliphatic carbocycles. The molecule has 0 amide bonds. The molecule has 0 spiro atoms. The van der Waals surface area contributed by atoms with Crippen molar-refractivity contribution in [2.24, 2.45) is 0 Å². The highest BCUT2D eigenvalue weighted by Gasteiger charge is 2.17. The van der Waals surface area contributed by atoms with Gasteiger partial charge in [-0.05, 0) is 84.2 Å². The standard InChI is InChI=1S/C44H28O/c1-2-10-29(11-3-1)30-18-22-32(23-19-30)43-36-13-4-6-15-38(36)44(39-16-7-5-14-37(39)43)33-24-20-31(21-25-33)34-26-27-42-40(28-34)35-12-8-9-17-41(35)45-42/h1-28H/i1D,2D,3D,8D,9D,10D,11D,12D,17D,26D,27D,28D. The predicted molar refractivity (Wildman–Crippen MR) is 190 cm³/mol. The van der Waals surface area contributed by atoms with Gasteiger partial charge < -0.3 is 4.42 Å². The van der Waals surface area contributed by atoms with Crippen molar-refractivity contribution in [1.29, 1.82) is 0 Å². The highest BCUT2D eigenvalue weighted by atomic mass is 16.3. The summed E-state index contributed by atoms with van der Waals surface area (Å²) in [6.45, 7) is 0. The van der Waals surface area contributed by atoms with Crippen LogP contribution in [0, 0.1) is 0 Å². The number of hydrogen-bond acceptors (Lipinski definition) is 1. The first-order chi connectivity index (χ1) is 27.3. The van der Waals surface area contributed by atoms with E-state index in [1.165, 1.54) is 0 Å². The van der Waals surface area contributed by atoms with Crippen LogP contribution in [0.25, 0.3) is 88.0 Å². The van der Waals surface area contributed by atoms with Crippen molar-refractivity contribution in [1.82, 2.24) is 0 Å². The molecule has 0 saturated heterocycles. The van der Waals surface area contributed by atoms with Gasteiger partial charge in [0.05, 0.1) is 16.4 Å².